The highest BCUT2D eigenvalue weighted by atomic mass is 79.9. The molecule has 2 atom stereocenters. The lowest BCUT2D eigenvalue weighted by Crippen LogP contribution is -2.33. The summed E-state index contributed by atoms with van der Waals surface area (Å²) in [5, 5.41) is 17.5. The predicted octanol–water partition coefficient (Wildman–Crippen LogP) is 6.18. The molecule has 0 amide bonds. The number of phenolic OH excluding ortho intramolecular Hbond substituents is 1. The molecule has 0 saturated heterocycles. The number of rotatable bonds is 4. The minimum Gasteiger partial charge on any atom is -0.507 e. The van der Waals surface area contributed by atoms with Crippen LogP contribution in [-0.2, 0) is 0 Å². The predicted molar refractivity (Wildman–Crippen MR) is 129 cm³/mol. The number of halogens is 2. The molecule has 0 bridgehead atoms. The number of hydrogen-bond acceptors (Lipinski definition) is 6. The Bertz CT molecular complexity index is 1230. The molecule has 2 aliphatic rings. The first-order valence-electron chi connectivity index (χ1n) is 10.0. The fourth-order valence-corrected chi connectivity index (χ4v) is 4.93. The average molecular weight is 560 g/mol. The van der Waals surface area contributed by atoms with Gasteiger partial charge in [0, 0.05) is 26.5 Å². The van der Waals surface area contributed by atoms with Crippen LogP contribution >= 0.6 is 31.9 Å². The normalized spacial score (nSPS) is 19.0. The number of benzene rings is 3. The largest absolute Gasteiger partial charge is 0.507 e. The van der Waals surface area contributed by atoms with E-state index in [1.54, 1.807) is 26.4 Å². The van der Waals surface area contributed by atoms with E-state index < -0.39 is 6.23 Å². The van der Waals surface area contributed by atoms with Gasteiger partial charge in [0.15, 0.2) is 11.5 Å². The zero-order chi connectivity index (χ0) is 22.4. The smallest absolute Gasteiger partial charge is 0.217 e. The van der Waals surface area contributed by atoms with Crippen molar-refractivity contribution in [1.82, 2.24) is 5.01 Å². The van der Waals surface area contributed by atoms with Gasteiger partial charge in [-0.05, 0) is 54.6 Å². The van der Waals surface area contributed by atoms with Crippen molar-refractivity contribution in [2.75, 3.05) is 14.2 Å². The van der Waals surface area contributed by atoms with E-state index >= 15 is 0 Å². The second kappa shape index (κ2) is 8.33. The lowest BCUT2D eigenvalue weighted by atomic mass is 9.95. The molecule has 8 heteroatoms. The van der Waals surface area contributed by atoms with Crippen LogP contribution in [0.2, 0.25) is 0 Å². The highest BCUT2D eigenvalue weighted by Crippen LogP contribution is 2.49. The summed E-state index contributed by atoms with van der Waals surface area (Å²) < 4.78 is 19.1. The van der Waals surface area contributed by atoms with Crippen LogP contribution in [0.15, 0.2) is 68.6 Å². The Labute approximate surface area is 202 Å². The molecule has 0 fully saturated rings. The lowest BCUT2D eigenvalue weighted by molar-refractivity contribution is -0.0204. The first-order chi connectivity index (χ1) is 15.5. The van der Waals surface area contributed by atoms with E-state index in [4.69, 9.17) is 19.3 Å². The zero-order valence-electron chi connectivity index (χ0n) is 17.4. The number of hydrazone groups is 1. The summed E-state index contributed by atoms with van der Waals surface area (Å²) in [4.78, 5) is 0. The van der Waals surface area contributed by atoms with Crippen molar-refractivity contribution in [1.29, 1.82) is 0 Å². The summed E-state index contributed by atoms with van der Waals surface area (Å²) >= 11 is 7.08. The van der Waals surface area contributed by atoms with E-state index in [0.717, 1.165) is 31.5 Å². The molecule has 0 aromatic heterocycles. The van der Waals surface area contributed by atoms with Gasteiger partial charge in [-0.2, -0.15) is 5.10 Å². The molecule has 0 spiro atoms. The average Bonchev–Trinajstić information content (AvgIpc) is 3.25. The van der Waals surface area contributed by atoms with Gasteiger partial charge >= 0.3 is 0 Å². The summed E-state index contributed by atoms with van der Waals surface area (Å²) in [6, 6.07) is 17.1. The van der Waals surface area contributed by atoms with E-state index in [1.165, 1.54) is 0 Å². The van der Waals surface area contributed by atoms with E-state index in [0.29, 0.717) is 23.5 Å². The Hall–Kier alpha value is -2.71. The van der Waals surface area contributed by atoms with Crippen molar-refractivity contribution in [3.8, 4) is 23.0 Å². The second-order valence-corrected chi connectivity index (χ2v) is 9.40. The number of fused-ring (bicyclic) bond motifs is 3. The van der Waals surface area contributed by atoms with Crippen molar-refractivity contribution in [2.45, 2.75) is 18.7 Å². The molecule has 5 rings (SSSR count). The zero-order valence-corrected chi connectivity index (χ0v) is 20.6. The van der Waals surface area contributed by atoms with Crippen LogP contribution in [-0.4, -0.2) is 30.0 Å². The molecule has 0 aliphatic carbocycles. The summed E-state index contributed by atoms with van der Waals surface area (Å²) in [6.07, 6.45) is 0.122. The van der Waals surface area contributed by atoms with Crippen LogP contribution in [0.1, 0.15) is 35.4 Å². The minimum atomic E-state index is -0.566. The maximum Gasteiger partial charge on any atom is 0.217 e. The van der Waals surface area contributed by atoms with Crippen LogP contribution in [0.25, 0.3) is 0 Å². The monoisotopic (exact) mass is 558 g/mol. The van der Waals surface area contributed by atoms with Gasteiger partial charge in [0.25, 0.3) is 0 Å². The summed E-state index contributed by atoms with van der Waals surface area (Å²) in [7, 11) is 3.24. The van der Waals surface area contributed by atoms with E-state index in [-0.39, 0.29) is 11.8 Å². The van der Waals surface area contributed by atoms with Crippen LogP contribution in [0.3, 0.4) is 0 Å². The number of aromatic hydroxyl groups is 1. The number of nitrogens with zero attached hydrogens (tertiary/aromatic N) is 2. The Kier molecular flexibility index (Phi) is 5.51. The summed E-state index contributed by atoms with van der Waals surface area (Å²) in [5.74, 6) is 2.26. The SMILES string of the molecule is COc1ccc(C2=NN3[C@H](C2)c2cc(Br)ccc2O[C@@H]3c2cc(Br)ccc2O)cc1OC. The van der Waals surface area contributed by atoms with Gasteiger partial charge in [0.05, 0.1) is 31.5 Å². The fourth-order valence-electron chi connectivity index (χ4n) is 4.18. The van der Waals surface area contributed by atoms with E-state index in [2.05, 4.69) is 37.9 Å². The maximum atomic E-state index is 10.6. The van der Waals surface area contributed by atoms with Crippen molar-refractivity contribution < 1.29 is 19.3 Å². The Morgan fingerprint density at radius 1 is 0.938 bits per heavy atom. The van der Waals surface area contributed by atoms with Crippen LogP contribution < -0.4 is 14.2 Å². The standard InChI is InChI=1S/C24H20Br2N2O4/c1-30-22-7-3-13(9-23(22)31-2)18-12-19-16-10-15(26)5-8-21(16)32-24(28(19)27-18)17-11-14(25)4-6-20(17)29/h3-11,19,24,29H,12H2,1-2H3/t19-,24-/m1/s1. The molecule has 1 N–H and O–H groups in total. The molecular formula is C24H20Br2N2O4. The Balaban J connectivity index is 1.61. The molecule has 3 aromatic rings. The number of methoxy groups -OCH3 is 2. The summed E-state index contributed by atoms with van der Waals surface area (Å²) in [6.45, 7) is 0. The summed E-state index contributed by atoms with van der Waals surface area (Å²) in [5.41, 5.74) is 3.55. The topological polar surface area (TPSA) is 63.5 Å². The van der Waals surface area contributed by atoms with Crippen LogP contribution in [0, 0.1) is 0 Å². The van der Waals surface area contributed by atoms with Crippen LogP contribution in [0.4, 0.5) is 0 Å². The third-order valence-corrected chi connectivity index (χ3v) is 6.71. The van der Waals surface area contributed by atoms with Gasteiger partial charge in [0.1, 0.15) is 11.5 Å². The molecule has 0 saturated carbocycles. The third-order valence-electron chi connectivity index (χ3n) is 5.72. The molecule has 0 unspecified atom stereocenters. The maximum absolute atomic E-state index is 10.6. The highest BCUT2D eigenvalue weighted by molar-refractivity contribution is 9.10. The lowest BCUT2D eigenvalue weighted by Gasteiger charge is -2.38. The van der Waals surface area contributed by atoms with E-state index in [9.17, 15) is 5.11 Å². The van der Waals surface area contributed by atoms with Crippen LogP contribution in [0.5, 0.6) is 23.0 Å². The van der Waals surface area contributed by atoms with Gasteiger partial charge in [-0.1, -0.05) is 31.9 Å². The number of ether oxygens (including phenoxy) is 3. The van der Waals surface area contributed by atoms with Crippen molar-refractivity contribution in [3.63, 3.8) is 0 Å². The van der Waals surface area contributed by atoms with Gasteiger partial charge in [-0.3, -0.25) is 0 Å². The fraction of sp³-hybridized carbons (Fsp3) is 0.208. The molecule has 2 aliphatic heterocycles. The Morgan fingerprint density at radius 2 is 1.66 bits per heavy atom. The van der Waals surface area contributed by atoms with Gasteiger partial charge in [-0.25, -0.2) is 5.01 Å². The molecule has 0 radical (unpaired) electrons. The molecular weight excluding hydrogens is 540 g/mol. The number of phenols is 1. The van der Waals surface area contributed by atoms with Crippen molar-refractivity contribution >= 4 is 37.6 Å². The van der Waals surface area contributed by atoms with Crippen molar-refractivity contribution in [3.05, 3.63) is 80.2 Å². The molecule has 2 heterocycles. The second-order valence-electron chi connectivity index (χ2n) is 7.57. The molecule has 6 nitrogen and oxygen atoms in total. The molecule has 164 valence electrons. The molecule has 3 aromatic carbocycles. The Morgan fingerprint density at radius 3 is 2.41 bits per heavy atom. The van der Waals surface area contributed by atoms with Gasteiger partial charge < -0.3 is 19.3 Å². The minimum absolute atomic E-state index is 0.0391. The quantitative estimate of drug-likeness (QED) is 0.414. The first-order valence-corrected chi connectivity index (χ1v) is 11.6. The molecule has 32 heavy (non-hydrogen) atoms. The number of hydrogen-bond donors (Lipinski definition) is 1. The van der Waals surface area contributed by atoms with E-state index in [1.807, 2.05) is 41.4 Å². The highest BCUT2D eigenvalue weighted by Gasteiger charge is 2.42. The first kappa shape index (κ1) is 21.2. The van der Waals surface area contributed by atoms with Crippen molar-refractivity contribution in [2.24, 2.45) is 5.10 Å². The third kappa shape index (κ3) is 3.61. The van der Waals surface area contributed by atoms with Gasteiger partial charge in [0.2, 0.25) is 6.23 Å². The van der Waals surface area contributed by atoms with Gasteiger partial charge in [-0.15, -0.1) is 0 Å².